The van der Waals surface area contributed by atoms with Gasteiger partial charge in [-0.2, -0.15) is 0 Å². The van der Waals surface area contributed by atoms with Crippen LogP contribution in [0.5, 0.6) is 0 Å². The summed E-state index contributed by atoms with van der Waals surface area (Å²) in [6.45, 7) is 0. The first-order valence-electron chi connectivity index (χ1n) is 4.49. The summed E-state index contributed by atoms with van der Waals surface area (Å²) in [5.41, 5.74) is 0.770. The number of halogens is 1. The molecule has 2 aromatic rings. The van der Waals surface area contributed by atoms with Gasteiger partial charge in [-0.05, 0) is 18.2 Å². The van der Waals surface area contributed by atoms with Crippen molar-refractivity contribution in [3.63, 3.8) is 0 Å². The maximum absolute atomic E-state index is 12.9. The van der Waals surface area contributed by atoms with E-state index in [1.807, 2.05) is 0 Å². The van der Waals surface area contributed by atoms with Crippen LogP contribution in [-0.4, -0.2) is 17.9 Å². The van der Waals surface area contributed by atoms with E-state index in [1.54, 1.807) is 18.2 Å². The predicted octanol–water partition coefficient (Wildman–Crippen LogP) is 1.73. The van der Waals surface area contributed by atoms with Crippen LogP contribution in [0.3, 0.4) is 0 Å². The van der Waals surface area contributed by atoms with Gasteiger partial charge in [-0.25, -0.2) is 9.37 Å². The number of rotatable bonds is 1. The molecule has 4 heteroatoms. The third-order valence-electron chi connectivity index (χ3n) is 2.11. The summed E-state index contributed by atoms with van der Waals surface area (Å²) in [5, 5.41) is 3.27. The second-order valence-electron chi connectivity index (χ2n) is 3.11. The summed E-state index contributed by atoms with van der Waals surface area (Å²) in [6.07, 6.45) is 0. The molecule has 0 radical (unpaired) electrons. The molecular weight excluding hydrogens is 195 g/mol. The number of amides is 1. The molecule has 1 aromatic heterocycles. The van der Waals surface area contributed by atoms with Crippen molar-refractivity contribution < 1.29 is 9.18 Å². The number of nitrogens with one attached hydrogen (secondary N) is 1. The molecule has 3 nitrogen and oxygen atoms in total. The Kier molecular flexibility index (Phi) is 2.33. The molecule has 0 unspecified atom stereocenters. The first-order chi connectivity index (χ1) is 7.20. The highest BCUT2D eigenvalue weighted by Gasteiger charge is 2.05. The topological polar surface area (TPSA) is 42.0 Å². The summed E-state index contributed by atoms with van der Waals surface area (Å²) in [7, 11) is 1.53. The highest BCUT2D eigenvalue weighted by Crippen LogP contribution is 2.13. The molecule has 2 rings (SSSR count). The zero-order valence-electron chi connectivity index (χ0n) is 8.12. The lowest BCUT2D eigenvalue weighted by molar-refractivity contribution is 0.0958. The molecule has 15 heavy (non-hydrogen) atoms. The maximum atomic E-state index is 12.9. The molecule has 0 bridgehead atoms. The SMILES string of the molecule is CNC(=O)c1ccc2ccc(F)cc2n1. The zero-order chi connectivity index (χ0) is 10.8. The quantitative estimate of drug-likeness (QED) is 0.768. The number of hydrogen-bond acceptors (Lipinski definition) is 2. The van der Waals surface area contributed by atoms with Crippen LogP contribution >= 0.6 is 0 Å². The van der Waals surface area contributed by atoms with Gasteiger partial charge in [0.15, 0.2) is 0 Å². The van der Waals surface area contributed by atoms with Gasteiger partial charge in [-0.15, -0.1) is 0 Å². The lowest BCUT2D eigenvalue weighted by Gasteiger charge is -2.01. The number of carbonyl (C=O) groups excluding carboxylic acids is 1. The van der Waals surface area contributed by atoms with Crippen LogP contribution in [0.15, 0.2) is 30.3 Å². The van der Waals surface area contributed by atoms with Gasteiger partial charge in [-0.3, -0.25) is 4.79 Å². The maximum Gasteiger partial charge on any atom is 0.269 e. The van der Waals surface area contributed by atoms with Gasteiger partial charge >= 0.3 is 0 Å². The average Bonchev–Trinajstić information content (AvgIpc) is 2.27. The summed E-state index contributed by atoms with van der Waals surface area (Å²) in [4.78, 5) is 15.3. The van der Waals surface area contributed by atoms with Gasteiger partial charge in [0.05, 0.1) is 5.52 Å². The molecule has 1 amide bonds. The molecule has 1 N–H and O–H groups in total. The van der Waals surface area contributed by atoms with Gasteiger partial charge < -0.3 is 5.32 Å². The Hall–Kier alpha value is -1.97. The number of nitrogens with zero attached hydrogens (tertiary/aromatic N) is 1. The van der Waals surface area contributed by atoms with Gasteiger partial charge in [0.2, 0.25) is 0 Å². The number of fused-ring (bicyclic) bond motifs is 1. The summed E-state index contributed by atoms with van der Waals surface area (Å²) in [6, 6.07) is 7.65. The number of benzene rings is 1. The normalized spacial score (nSPS) is 10.3. The molecule has 0 saturated carbocycles. The molecule has 0 atom stereocenters. The average molecular weight is 204 g/mol. The second kappa shape index (κ2) is 3.65. The lowest BCUT2D eigenvalue weighted by atomic mass is 10.2. The van der Waals surface area contributed by atoms with Crippen LogP contribution in [0, 0.1) is 5.82 Å². The Labute approximate surface area is 85.9 Å². The number of pyridine rings is 1. The molecule has 0 aliphatic rings. The fraction of sp³-hybridized carbons (Fsp3) is 0.0909. The number of aromatic nitrogens is 1. The first-order valence-corrected chi connectivity index (χ1v) is 4.49. The monoisotopic (exact) mass is 204 g/mol. The van der Waals surface area contributed by atoms with Crippen LogP contribution in [0.1, 0.15) is 10.5 Å². The van der Waals surface area contributed by atoms with E-state index in [0.29, 0.717) is 5.52 Å². The lowest BCUT2D eigenvalue weighted by Crippen LogP contribution is -2.19. The third kappa shape index (κ3) is 1.79. The van der Waals surface area contributed by atoms with Gasteiger partial charge in [0.1, 0.15) is 11.5 Å². The minimum absolute atomic E-state index is 0.277. The van der Waals surface area contributed by atoms with Crippen LogP contribution in [0.2, 0.25) is 0 Å². The molecule has 1 heterocycles. The fourth-order valence-corrected chi connectivity index (χ4v) is 1.34. The summed E-state index contributed by atoms with van der Waals surface area (Å²) < 4.78 is 12.9. The highest BCUT2D eigenvalue weighted by atomic mass is 19.1. The van der Waals surface area contributed by atoms with Gasteiger partial charge in [0.25, 0.3) is 5.91 Å². The van der Waals surface area contributed by atoms with E-state index < -0.39 is 0 Å². The number of carbonyl (C=O) groups is 1. The number of hydrogen-bond donors (Lipinski definition) is 1. The Bertz CT molecular complexity index is 525. The highest BCUT2D eigenvalue weighted by molar-refractivity contribution is 5.94. The van der Waals surface area contributed by atoms with Crippen molar-refractivity contribution in [2.75, 3.05) is 7.05 Å². The minimum Gasteiger partial charge on any atom is -0.354 e. The Morgan fingerprint density at radius 3 is 2.80 bits per heavy atom. The molecule has 0 fully saturated rings. The molecule has 0 aliphatic carbocycles. The molecule has 0 saturated heterocycles. The molecular formula is C11H9FN2O. The first kappa shape index (κ1) is 9.58. The van der Waals surface area contributed by atoms with Crippen LogP contribution in [0.25, 0.3) is 10.9 Å². The molecule has 1 aromatic carbocycles. The van der Waals surface area contributed by atoms with E-state index in [-0.39, 0.29) is 17.4 Å². The Balaban J connectivity index is 2.59. The zero-order valence-corrected chi connectivity index (χ0v) is 8.12. The van der Waals surface area contributed by atoms with Crippen molar-refractivity contribution in [1.29, 1.82) is 0 Å². The van der Waals surface area contributed by atoms with E-state index in [1.165, 1.54) is 19.2 Å². The molecule has 0 aliphatic heterocycles. The smallest absolute Gasteiger partial charge is 0.269 e. The van der Waals surface area contributed by atoms with Crippen molar-refractivity contribution in [2.24, 2.45) is 0 Å². The third-order valence-corrected chi connectivity index (χ3v) is 2.11. The standard InChI is InChI=1S/C11H9FN2O/c1-13-11(15)9-5-3-7-2-4-8(12)6-10(7)14-9/h2-6H,1H3,(H,13,15). The summed E-state index contributed by atoms with van der Waals surface area (Å²) >= 11 is 0. The predicted molar refractivity (Wildman–Crippen MR) is 55.1 cm³/mol. The Morgan fingerprint density at radius 1 is 1.33 bits per heavy atom. The van der Waals surface area contributed by atoms with E-state index in [0.717, 1.165) is 5.39 Å². The van der Waals surface area contributed by atoms with Crippen molar-refractivity contribution in [1.82, 2.24) is 10.3 Å². The van der Waals surface area contributed by atoms with Crippen LogP contribution in [-0.2, 0) is 0 Å². The van der Waals surface area contributed by atoms with E-state index in [4.69, 9.17) is 0 Å². The van der Waals surface area contributed by atoms with Gasteiger partial charge in [-0.1, -0.05) is 6.07 Å². The van der Waals surface area contributed by atoms with Gasteiger partial charge in [0, 0.05) is 18.5 Å². The second-order valence-corrected chi connectivity index (χ2v) is 3.11. The van der Waals surface area contributed by atoms with Crippen molar-refractivity contribution in [3.8, 4) is 0 Å². The molecule has 0 spiro atoms. The van der Waals surface area contributed by atoms with Crippen molar-refractivity contribution >= 4 is 16.8 Å². The fourth-order valence-electron chi connectivity index (χ4n) is 1.34. The van der Waals surface area contributed by atoms with Crippen molar-refractivity contribution in [3.05, 3.63) is 41.8 Å². The van der Waals surface area contributed by atoms with Crippen molar-refractivity contribution in [2.45, 2.75) is 0 Å². The Morgan fingerprint density at radius 2 is 2.07 bits per heavy atom. The van der Waals surface area contributed by atoms with E-state index >= 15 is 0 Å². The van der Waals surface area contributed by atoms with E-state index in [2.05, 4.69) is 10.3 Å². The minimum atomic E-state index is -0.357. The largest absolute Gasteiger partial charge is 0.354 e. The molecule has 76 valence electrons. The van der Waals surface area contributed by atoms with E-state index in [9.17, 15) is 9.18 Å². The van der Waals surface area contributed by atoms with Crippen LogP contribution < -0.4 is 5.32 Å². The summed E-state index contributed by atoms with van der Waals surface area (Å²) in [5.74, 6) is -0.634. The van der Waals surface area contributed by atoms with Crippen LogP contribution in [0.4, 0.5) is 4.39 Å².